The molecule has 0 spiro atoms. The summed E-state index contributed by atoms with van der Waals surface area (Å²) in [6.07, 6.45) is 1.41. The molecule has 0 aliphatic heterocycles. The van der Waals surface area contributed by atoms with Gasteiger partial charge in [0.1, 0.15) is 12.0 Å². The van der Waals surface area contributed by atoms with Crippen molar-refractivity contribution in [1.29, 1.82) is 0 Å². The molecular formula is C12H14N4O. The number of hydrogen-bond acceptors (Lipinski definition) is 5. The van der Waals surface area contributed by atoms with Crippen LogP contribution in [0.25, 0.3) is 0 Å². The van der Waals surface area contributed by atoms with Crippen molar-refractivity contribution in [3.05, 3.63) is 36.2 Å². The second-order valence-corrected chi connectivity index (χ2v) is 3.59. The highest BCUT2D eigenvalue weighted by atomic mass is 16.5. The second-order valence-electron chi connectivity index (χ2n) is 3.59. The molecule has 0 atom stereocenters. The number of para-hydroxylation sites is 1. The summed E-state index contributed by atoms with van der Waals surface area (Å²) in [7, 11) is 1.52. The van der Waals surface area contributed by atoms with E-state index < -0.39 is 0 Å². The number of nitrogen functional groups attached to an aromatic ring is 1. The quantitative estimate of drug-likeness (QED) is 0.844. The van der Waals surface area contributed by atoms with Crippen molar-refractivity contribution in [2.75, 3.05) is 18.2 Å². The van der Waals surface area contributed by atoms with Gasteiger partial charge in [0.15, 0.2) is 5.82 Å². The fourth-order valence-electron chi connectivity index (χ4n) is 1.48. The van der Waals surface area contributed by atoms with Crippen LogP contribution in [0.2, 0.25) is 0 Å². The van der Waals surface area contributed by atoms with Crippen molar-refractivity contribution in [3.63, 3.8) is 0 Å². The number of benzene rings is 1. The standard InChI is InChI=1S/C12H14N4O/c1-8-5-3-4-6-9(8)16-11-10(13)12(17-2)15-7-14-11/h3-7H,13H2,1-2H3,(H,14,15,16). The number of nitrogens with zero attached hydrogens (tertiary/aromatic N) is 2. The average molecular weight is 230 g/mol. The summed E-state index contributed by atoms with van der Waals surface area (Å²) in [4.78, 5) is 8.02. The number of aromatic nitrogens is 2. The molecule has 0 bridgehead atoms. The third kappa shape index (κ3) is 2.28. The third-order valence-corrected chi connectivity index (χ3v) is 2.44. The van der Waals surface area contributed by atoms with Gasteiger partial charge in [-0.1, -0.05) is 18.2 Å². The first-order valence-corrected chi connectivity index (χ1v) is 5.19. The highest BCUT2D eigenvalue weighted by Gasteiger charge is 2.08. The first-order chi connectivity index (χ1) is 8.22. The molecule has 0 amide bonds. The van der Waals surface area contributed by atoms with Crippen LogP contribution in [0.3, 0.4) is 0 Å². The molecule has 0 unspecified atom stereocenters. The van der Waals surface area contributed by atoms with E-state index in [0.29, 0.717) is 17.4 Å². The maximum absolute atomic E-state index is 5.88. The highest BCUT2D eigenvalue weighted by molar-refractivity contribution is 5.73. The smallest absolute Gasteiger partial charge is 0.242 e. The SMILES string of the molecule is COc1ncnc(Nc2ccccc2C)c1N. The Balaban J connectivity index is 2.34. The Kier molecular flexibility index (Phi) is 3.09. The van der Waals surface area contributed by atoms with Crippen LogP contribution in [0, 0.1) is 6.92 Å². The molecule has 0 aliphatic rings. The van der Waals surface area contributed by atoms with Gasteiger partial charge in [-0.3, -0.25) is 0 Å². The molecule has 1 heterocycles. The lowest BCUT2D eigenvalue weighted by atomic mass is 10.2. The molecule has 0 aliphatic carbocycles. The summed E-state index contributed by atoms with van der Waals surface area (Å²) in [5, 5.41) is 3.16. The van der Waals surface area contributed by atoms with E-state index in [-0.39, 0.29) is 0 Å². The topological polar surface area (TPSA) is 73.1 Å². The first-order valence-electron chi connectivity index (χ1n) is 5.19. The molecule has 1 aromatic carbocycles. The van der Waals surface area contributed by atoms with Crippen LogP contribution in [0.4, 0.5) is 17.2 Å². The second kappa shape index (κ2) is 4.69. The molecule has 3 N–H and O–H groups in total. The van der Waals surface area contributed by atoms with Crippen molar-refractivity contribution in [3.8, 4) is 5.88 Å². The number of nitrogens with two attached hydrogens (primary N) is 1. The van der Waals surface area contributed by atoms with E-state index in [0.717, 1.165) is 11.3 Å². The molecule has 0 saturated heterocycles. The van der Waals surface area contributed by atoms with Gasteiger partial charge in [0, 0.05) is 5.69 Å². The van der Waals surface area contributed by atoms with Gasteiger partial charge in [0.05, 0.1) is 7.11 Å². The van der Waals surface area contributed by atoms with E-state index in [1.54, 1.807) is 0 Å². The summed E-state index contributed by atoms with van der Waals surface area (Å²) in [6, 6.07) is 7.90. The molecule has 17 heavy (non-hydrogen) atoms. The largest absolute Gasteiger partial charge is 0.479 e. The van der Waals surface area contributed by atoms with E-state index >= 15 is 0 Å². The van der Waals surface area contributed by atoms with Crippen molar-refractivity contribution < 1.29 is 4.74 Å². The van der Waals surface area contributed by atoms with E-state index in [1.807, 2.05) is 31.2 Å². The van der Waals surface area contributed by atoms with Gasteiger partial charge in [-0.15, -0.1) is 0 Å². The third-order valence-electron chi connectivity index (χ3n) is 2.44. The fourth-order valence-corrected chi connectivity index (χ4v) is 1.48. The number of hydrogen-bond donors (Lipinski definition) is 2. The zero-order valence-electron chi connectivity index (χ0n) is 9.77. The maximum Gasteiger partial charge on any atom is 0.242 e. The summed E-state index contributed by atoms with van der Waals surface area (Å²) in [6.45, 7) is 2.01. The van der Waals surface area contributed by atoms with Crippen molar-refractivity contribution >= 4 is 17.2 Å². The van der Waals surface area contributed by atoms with Crippen LogP contribution < -0.4 is 15.8 Å². The van der Waals surface area contributed by atoms with Crippen LogP contribution >= 0.6 is 0 Å². The predicted octanol–water partition coefficient (Wildman–Crippen LogP) is 2.12. The molecule has 2 aromatic rings. The van der Waals surface area contributed by atoms with Gasteiger partial charge in [-0.25, -0.2) is 4.98 Å². The molecular weight excluding hydrogens is 216 g/mol. The Labute approximate surface area is 99.7 Å². The monoisotopic (exact) mass is 230 g/mol. The average Bonchev–Trinajstić information content (AvgIpc) is 2.34. The lowest BCUT2D eigenvalue weighted by Gasteiger charge is -2.11. The number of rotatable bonds is 3. The van der Waals surface area contributed by atoms with Crippen LogP contribution in [0.5, 0.6) is 5.88 Å². The highest BCUT2D eigenvalue weighted by Crippen LogP contribution is 2.27. The van der Waals surface area contributed by atoms with Crippen LogP contribution in [-0.2, 0) is 0 Å². The van der Waals surface area contributed by atoms with Crippen LogP contribution in [0.15, 0.2) is 30.6 Å². The molecule has 0 fully saturated rings. The van der Waals surface area contributed by atoms with Crippen LogP contribution in [0.1, 0.15) is 5.56 Å². The lowest BCUT2D eigenvalue weighted by molar-refractivity contribution is 0.399. The zero-order valence-corrected chi connectivity index (χ0v) is 9.77. The molecule has 5 nitrogen and oxygen atoms in total. The molecule has 0 saturated carbocycles. The van der Waals surface area contributed by atoms with Gasteiger partial charge >= 0.3 is 0 Å². The first kappa shape index (κ1) is 11.2. The number of aryl methyl sites for hydroxylation is 1. The minimum Gasteiger partial charge on any atom is -0.479 e. The maximum atomic E-state index is 5.88. The summed E-state index contributed by atoms with van der Waals surface area (Å²) in [5.41, 5.74) is 8.35. The van der Waals surface area contributed by atoms with E-state index in [4.69, 9.17) is 10.5 Å². The number of anilines is 3. The Morgan fingerprint density at radius 1 is 1.24 bits per heavy atom. The molecule has 2 rings (SSSR count). The minimum absolute atomic E-state index is 0.371. The Morgan fingerprint density at radius 3 is 2.71 bits per heavy atom. The molecule has 0 radical (unpaired) electrons. The summed E-state index contributed by atoms with van der Waals surface area (Å²) < 4.78 is 5.04. The van der Waals surface area contributed by atoms with Crippen molar-refractivity contribution in [2.45, 2.75) is 6.92 Å². The fraction of sp³-hybridized carbons (Fsp3) is 0.167. The lowest BCUT2D eigenvalue weighted by Crippen LogP contribution is -2.03. The van der Waals surface area contributed by atoms with E-state index in [1.165, 1.54) is 13.4 Å². The Morgan fingerprint density at radius 2 is 2.00 bits per heavy atom. The number of methoxy groups -OCH3 is 1. The van der Waals surface area contributed by atoms with Gasteiger partial charge in [-0.2, -0.15) is 4.98 Å². The molecule has 1 aromatic heterocycles. The van der Waals surface area contributed by atoms with Crippen molar-refractivity contribution in [2.24, 2.45) is 0 Å². The van der Waals surface area contributed by atoms with E-state index in [9.17, 15) is 0 Å². The predicted molar refractivity (Wildman–Crippen MR) is 67.5 cm³/mol. The normalized spacial score (nSPS) is 10.0. The van der Waals surface area contributed by atoms with Gasteiger partial charge in [0.2, 0.25) is 5.88 Å². The number of ether oxygens (including phenoxy) is 1. The Hall–Kier alpha value is -2.30. The van der Waals surface area contributed by atoms with Gasteiger partial charge in [0.25, 0.3) is 0 Å². The molecule has 88 valence electrons. The van der Waals surface area contributed by atoms with E-state index in [2.05, 4.69) is 15.3 Å². The zero-order chi connectivity index (χ0) is 12.3. The van der Waals surface area contributed by atoms with Crippen molar-refractivity contribution in [1.82, 2.24) is 9.97 Å². The Bertz CT molecular complexity index is 528. The summed E-state index contributed by atoms with van der Waals surface area (Å²) >= 11 is 0. The number of nitrogens with one attached hydrogen (secondary N) is 1. The minimum atomic E-state index is 0.371. The van der Waals surface area contributed by atoms with Gasteiger partial charge in [-0.05, 0) is 18.6 Å². The van der Waals surface area contributed by atoms with Crippen LogP contribution in [-0.4, -0.2) is 17.1 Å². The van der Waals surface area contributed by atoms with Gasteiger partial charge < -0.3 is 15.8 Å². The summed E-state index contributed by atoms with van der Waals surface area (Å²) in [5.74, 6) is 0.919. The molecule has 5 heteroatoms.